The number of ether oxygens (including phenoxy) is 1. The lowest BCUT2D eigenvalue weighted by Gasteiger charge is -2.16. The van der Waals surface area contributed by atoms with E-state index in [4.69, 9.17) is 9.73 Å². The molecule has 1 fully saturated rings. The van der Waals surface area contributed by atoms with Crippen molar-refractivity contribution in [2.75, 3.05) is 13.2 Å². The molecule has 0 amide bonds. The molecular weight excluding hydrogens is 491 g/mol. The molecule has 164 valence electrons. The summed E-state index contributed by atoms with van der Waals surface area (Å²) in [5.74, 6) is 4.57. The Kier molecular flexibility index (Phi) is 8.35. The highest BCUT2D eigenvalue weighted by atomic mass is 127. The molecule has 0 unspecified atom stereocenters. The summed E-state index contributed by atoms with van der Waals surface area (Å²) >= 11 is 0. The van der Waals surface area contributed by atoms with Crippen LogP contribution in [0.15, 0.2) is 23.2 Å². The predicted octanol–water partition coefficient (Wildman–Crippen LogP) is 3.58. The second-order valence-electron chi connectivity index (χ2n) is 8.06. The van der Waals surface area contributed by atoms with Crippen LogP contribution in [0, 0.1) is 12.8 Å². The van der Waals surface area contributed by atoms with Crippen molar-refractivity contribution in [3.8, 4) is 5.75 Å². The van der Waals surface area contributed by atoms with Gasteiger partial charge in [-0.2, -0.15) is 0 Å². The largest absolute Gasteiger partial charge is 0.493 e. The number of nitrogens with one attached hydrogen (secondary N) is 2. The summed E-state index contributed by atoms with van der Waals surface area (Å²) in [4.78, 5) is 4.79. The normalized spacial score (nSPS) is 15.9. The molecule has 1 aromatic carbocycles. The Hall–Kier alpha value is -1.84. The SMILES string of the molecule is CCNC(=NCc1ccc(C)cc1OCC1CC1)NCc1nnc2n1CCCC2.I. The minimum Gasteiger partial charge on any atom is -0.493 e. The lowest BCUT2D eigenvalue weighted by Crippen LogP contribution is -2.37. The van der Waals surface area contributed by atoms with E-state index >= 15 is 0 Å². The minimum absolute atomic E-state index is 0. The van der Waals surface area contributed by atoms with Gasteiger partial charge in [0, 0.05) is 25.1 Å². The number of halogens is 1. The van der Waals surface area contributed by atoms with Gasteiger partial charge in [-0.25, -0.2) is 4.99 Å². The third-order valence-corrected chi connectivity index (χ3v) is 5.50. The average molecular weight is 524 g/mol. The van der Waals surface area contributed by atoms with Crippen LogP contribution in [0.4, 0.5) is 0 Å². The van der Waals surface area contributed by atoms with E-state index in [0.717, 1.165) is 61.0 Å². The zero-order chi connectivity index (χ0) is 20.1. The third kappa shape index (κ3) is 6.09. The van der Waals surface area contributed by atoms with Crippen LogP contribution >= 0.6 is 24.0 Å². The molecule has 1 aliphatic carbocycles. The maximum absolute atomic E-state index is 6.08. The first-order chi connectivity index (χ1) is 14.2. The van der Waals surface area contributed by atoms with E-state index < -0.39 is 0 Å². The quantitative estimate of drug-likeness (QED) is 0.314. The number of guanidine groups is 1. The van der Waals surface area contributed by atoms with Crippen molar-refractivity contribution in [1.29, 1.82) is 0 Å². The highest BCUT2D eigenvalue weighted by Gasteiger charge is 2.22. The van der Waals surface area contributed by atoms with Crippen molar-refractivity contribution in [2.24, 2.45) is 10.9 Å². The van der Waals surface area contributed by atoms with Crippen LogP contribution in [0.1, 0.15) is 55.4 Å². The number of aliphatic imine (C=N–C) groups is 1. The van der Waals surface area contributed by atoms with E-state index in [0.29, 0.717) is 13.1 Å². The first kappa shape index (κ1) is 22.8. The maximum Gasteiger partial charge on any atom is 0.191 e. The topological polar surface area (TPSA) is 76.4 Å². The molecule has 0 saturated heterocycles. The standard InChI is InChI=1S/C22H32N6O.HI/c1-3-23-22(25-14-21-27-26-20-6-4-5-11-28(20)21)24-13-18-10-7-16(2)12-19(18)29-15-17-8-9-17;/h7,10,12,17H,3-6,8-9,11,13-15H2,1-2H3,(H2,23,24,25);1H. The van der Waals surface area contributed by atoms with Gasteiger partial charge in [0.15, 0.2) is 11.8 Å². The third-order valence-electron chi connectivity index (χ3n) is 5.50. The monoisotopic (exact) mass is 524 g/mol. The molecule has 30 heavy (non-hydrogen) atoms. The number of aryl methyl sites for hydroxylation is 2. The van der Waals surface area contributed by atoms with E-state index in [2.05, 4.69) is 57.4 Å². The van der Waals surface area contributed by atoms with Gasteiger partial charge >= 0.3 is 0 Å². The summed E-state index contributed by atoms with van der Waals surface area (Å²) in [5, 5.41) is 15.4. The van der Waals surface area contributed by atoms with E-state index in [-0.39, 0.29) is 24.0 Å². The van der Waals surface area contributed by atoms with Gasteiger partial charge in [0.25, 0.3) is 0 Å². The zero-order valence-corrected chi connectivity index (χ0v) is 20.3. The summed E-state index contributed by atoms with van der Waals surface area (Å²) in [7, 11) is 0. The number of rotatable bonds is 8. The Morgan fingerprint density at radius 3 is 2.90 bits per heavy atom. The molecule has 2 N–H and O–H groups in total. The molecule has 0 atom stereocenters. The molecule has 8 heteroatoms. The Balaban J connectivity index is 0.00000256. The molecule has 7 nitrogen and oxygen atoms in total. The number of nitrogens with zero attached hydrogens (tertiary/aromatic N) is 4. The first-order valence-electron chi connectivity index (χ1n) is 10.9. The maximum atomic E-state index is 6.08. The van der Waals surface area contributed by atoms with Crippen LogP contribution in [0.25, 0.3) is 0 Å². The fourth-order valence-electron chi connectivity index (χ4n) is 3.59. The lowest BCUT2D eigenvalue weighted by atomic mass is 10.1. The first-order valence-corrected chi connectivity index (χ1v) is 10.9. The van der Waals surface area contributed by atoms with Crippen LogP contribution in [0.5, 0.6) is 5.75 Å². The van der Waals surface area contributed by atoms with Crippen LogP contribution in [-0.2, 0) is 26.1 Å². The van der Waals surface area contributed by atoms with Gasteiger partial charge in [-0.3, -0.25) is 0 Å². The van der Waals surface area contributed by atoms with E-state index in [1.54, 1.807) is 0 Å². The van der Waals surface area contributed by atoms with Gasteiger partial charge in [-0.05, 0) is 57.1 Å². The van der Waals surface area contributed by atoms with E-state index in [9.17, 15) is 0 Å². The number of aromatic nitrogens is 3. The van der Waals surface area contributed by atoms with Gasteiger partial charge in [-0.15, -0.1) is 34.2 Å². The van der Waals surface area contributed by atoms with Crippen molar-refractivity contribution in [3.05, 3.63) is 41.0 Å². The summed E-state index contributed by atoms with van der Waals surface area (Å²) in [6.45, 7) is 8.01. The number of fused-ring (bicyclic) bond motifs is 1. The van der Waals surface area contributed by atoms with Gasteiger partial charge in [0.2, 0.25) is 0 Å². The second-order valence-corrected chi connectivity index (χ2v) is 8.06. The molecule has 4 rings (SSSR count). The zero-order valence-electron chi connectivity index (χ0n) is 18.0. The lowest BCUT2D eigenvalue weighted by molar-refractivity contribution is 0.296. The number of benzene rings is 1. The molecule has 0 spiro atoms. The summed E-state index contributed by atoms with van der Waals surface area (Å²) in [6.07, 6.45) is 6.01. The van der Waals surface area contributed by atoms with Crippen LogP contribution < -0.4 is 15.4 Å². The Bertz CT molecular complexity index is 861. The molecule has 1 aliphatic heterocycles. The van der Waals surface area contributed by atoms with Crippen molar-refractivity contribution in [1.82, 2.24) is 25.4 Å². The fraction of sp³-hybridized carbons (Fsp3) is 0.591. The van der Waals surface area contributed by atoms with Crippen molar-refractivity contribution in [3.63, 3.8) is 0 Å². The number of hydrogen-bond donors (Lipinski definition) is 2. The molecule has 1 aromatic heterocycles. The Morgan fingerprint density at radius 2 is 2.10 bits per heavy atom. The minimum atomic E-state index is 0. The molecular formula is C22H33IN6O. The van der Waals surface area contributed by atoms with Gasteiger partial charge in [-0.1, -0.05) is 12.1 Å². The van der Waals surface area contributed by atoms with Crippen molar-refractivity contribution >= 4 is 29.9 Å². The summed E-state index contributed by atoms with van der Waals surface area (Å²) in [6, 6.07) is 6.37. The summed E-state index contributed by atoms with van der Waals surface area (Å²) in [5.41, 5.74) is 2.33. The smallest absolute Gasteiger partial charge is 0.191 e. The molecule has 2 aliphatic rings. The van der Waals surface area contributed by atoms with Crippen molar-refractivity contribution < 1.29 is 4.74 Å². The van der Waals surface area contributed by atoms with Crippen LogP contribution in [-0.4, -0.2) is 33.9 Å². The highest BCUT2D eigenvalue weighted by Crippen LogP contribution is 2.31. The average Bonchev–Trinajstić information content (AvgIpc) is 3.48. The highest BCUT2D eigenvalue weighted by molar-refractivity contribution is 14.0. The molecule has 1 saturated carbocycles. The second kappa shape index (κ2) is 11.0. The van der Waals surface area contributed by atoms with Crippen molar-refractivity contribution in [2.45, 2.75) is 65.6 Å². The molecule has 0 radical (unpaired) electrons. The van der Waals surface area contributed by atoms with Gasteiger partial charge in [0.05, 0.1) is 19.7 Å². The molecule has 0 bridgehead atoms. The van der Waals surface area contributed by atoms with E-state index in [1.165, 1.54) is 31.2 Å². The summed E-state index contributed by atoms with van der Waals surface area (Å²) < 4.78 is 8.32. The fourth-order valence-corrected chi connectivity index (χ4v) is 3.59. The van der Waals surface area contributed by atoms with E-state index in [1.807, 2.05) is 0 Å². The predicted molar refractivity (Wildman–Crippen MR) is 129 cm³/mol. The Labute approximate surface area is 196 Å². The van der Waals surface area contributed by atoms with Gasteiger partial charge < -0.3 is 19.9 Å². The molecule has 2 heterocycles. The molecule has 2 aromatic rings. The number of hydrogen-bond acceptors (Lipinski definition) is 4. The Morgan fingerprint density at radius 1 is 1.23 bits per heavy atom. The van der Waals surface area contributed by atoms with Gasteiger partial charge in [0.1, 0.15) is 11.6 Å². The van der Waals surface area contributed by atoms with Crippen LogP contribution in [0.3, 0.4) is 0 Å². The van der Waals surface area contributed by atoms with Crippen LogP contribution in [0.2, 0.25) is 0 Å².